The van der Waals surface area contributed by atoms with Gasteiger partial charge in [-0.2, -0.15) is 0 Å². The van der Waals surface area contributed by atoms with E-state index in [0.717, 1.165) is 44.2 Å². The number of carbonyl (C=O) groups is 1. The van der Waals surface area contributed by atoms with Gasteiger partial charge in [0.2, 0.25) is 0 Å². The molecule has 1 saturated heterocycles. The molecule has 0 bridgehead atoms. The lowest BCUT2D eigenvalue weighted by atomic mass is 9.98. The molecule has 2 aromatic rings. The van der Waals surface area contributed by atoms with Gasteiger partial charge in [0, 0.05) is 43.5 Å². The van der Waals surface area contributed by atoms with E-state index >= 15 is 0 Å². The zero-order valence-electron chi connectivity index (χ0n) is 14.9. The normalized spacial score (nSPS) is 16.2. The van der Waals surface area contributed by atoms with Crippen LogP contribution in [-0.4, -0.2) is 52.1 Å². The number of aromatic nitrogens is 2. The standard InChI is InChI=1S/C18H24N4O2S/c1-18(2,3)17-19-13(12-25-17)11-21-7-9-22(10-8-21)15-6-4-5-14(20-15)16(23)24/h4-6,12H,7-11H2,1-3H3,(H,23,24). The zero-order chi connectivity index (χ0) is 18.0. The van der Waals surface area contributed by atoms with Gasteiger partial charge in [-0.1, -0.05) is 26.8 Å². The van der Waals surface area contributed by atoms with Crippen LogP contribution < -0.4 is 4.90 Å². The minimum absolute atomic E-state index is 0.0945. The molecule has 0 aliphatic carbocycles. The Kier molecular flexibility index (Phi) is 5.06. The van der Waals surface area contributed by atoms with Crippen LogP contribution in [0.2, 0.25) is 0 Å². The number of aromatic carboxylic acids is 1. The Morgan fingerprint density at radius 2 is 1.92 bits per heavy atom. The molecule has 0 aromatic carbocycles. The maximum absolute atomic E-state index is 11.1. The fourth-order valence-corrected chi connectivity index (χ4v) is 3.71. The SMILES string of the molecule is CC(C)(C)c1nc(CN2CCN(c3cccc(C(=O)O)n3)CC2)cs1. The second-order valence-electron chi connectivity index (χ2n) is 7.34. The number of hydrogen-bond acceptors (Lipinski definition) is 6. The van der Waals surface area contributed by atoms with Crippen LogP contribution in [0.3, 0.4) is 0 Å². The highest BCUT2D eigenvalue weighted by molar-refractivity contribution is 7.09. The Labute approximate surface area is 152 Å². The third-order valence-corrected chi connectivity index (χ3v) is 5.55. The Balaban J connectivity index is 1.58. The lowest BCUT2D eigenvalue weighted by Gasteiger charge is -2.35. The van der Waals surface area contributed by atoms with Gasteiger partial charge in [-0.3, -0.25) is 4.90 Å². The summed E-state index contributed by atoms with van der Waals surface area (Å²) < 4.78 is 0. The number of nitrogens with zero attached hydrogens (tertiary/aromatic N) is 4. The van der Waals surface area contributed by atoms with E-state index in [2.05, 4.69) is 40.9 Å². The van der Waals surface area contributed by atoms with Crippen molar-refractivity contribution < 1.29 is 9.90 Å². The molecule has 0 radical (unpaired) electrons. The topological polar surface area (TPSA) is 69.6 Å². The lowest BCUT2D eigenvalue weighted by Crippen LogP contribution is -2.46. The first-order valence-corrected chi connectivity index (χ1v) is 9.33. The Morgan fingerprint density at radius 1 is 1.20 bits per heavy atom. The average Bonchev–Trinajstić information content (AvgIpc) is 3.04. The van der Waals surface area contributed by atoms with E-state index in [-0.39, 0.29) is 11.1 Å². The summed E-state index contributed by atoms with van der Waals surface area (Å²) in [7, 11) is 0. The number of piperazine rings is 1. The average molecular weight is 360 g/mol. The minimum Gasteiger partial charge on any atom is -0.477 e. The molecule has 6 nitrogen and oxygen atoms in total. The molecular weight excluding hydrogens is 336 g/mol. The van der Waals surface area contributed by atoms with Crippen LogP contribution in [0.4, 0.5) is 5.82 Å². The quantitative estimate of drug-likeness (QED) is 0.904. The third-order valence-electron chi connectivity index (χ3n) is 4.23. The summed E-state index contributed by atoms with van der Waals surface area (Å²) >= 11 is 1.73. The molecule has 1 aliphatic rings. The highest BCUT2D eigenvalue weighted by Crippen LogP contribution is 2.26. The molecule has 0 amide bonds. The molecule has 0 atom stereocenters. The van der Waals surface area contributed by atoms with E-state index in [1.165, 1.54) is 11.1 Å². The summed E-state index contributed by atoms with van der Waals surface area (Å²) in [5.41, 5.74) is 1.33. The lowest BCUT2D eigenvalue weighted by molar-refractivity contribution is 0.0690. The van der Waals surface area contributed by atoms with Gasteiger partial charge in [0.15, 0.2) is 5.69 Å². The summed E-state index contributed by atoms with van der Waals surface area (Å²) in [4.78, 5) is 24.6. The molecule has 134 valence electrons. The Morgan fingerprint density at radius 3 is 2.52 bits per heavy atom. The summed E-state index contributed by atoms with van der Waals surface area (Å²) in [5, 5.41) is 12.4. The molecule has 0 saturated carbocycles. The molecule has 1 aliphatic heterocycles. The van der Waals surface area contributed by atoms with Gasteiger partial charge in [0.25, 0.3) is 0 Å². The van der Waals surface area contributed by atoms with Crippen molar-refractivity contribution in [2.45, 2.75) is 32.7 Å². The van der Waals surface area contributed by atoms with Gasteiger partial charge in [0.1, 0.15) is 5.82 Å². The predicted molar refractivity (Wildman–Crippen MR) is 99.5 cm³/mol. The van der Waals surface area contributed by atoms with Crippen molar-refractivity contribution in [1.82, 2.24) is 14.9 Å². The highest BCUT2D eigenvalue weighted by atomic mass is 32.1. The van der Waals surface area contributed by atoms with Crippen LogP contribution >= 0.6 is 11.3 Å². The second-order valence-corrected chi connectivity index (χ2v) is 8.20. The summed E-state index contributed by atoms with van der Waals surface area (Å²) in [6.07, 6.45) is 0. The van der Waals surface area contributed by atoms with E-state index in [1.54, 1.807) is 17.4 Å². The first-order valence-electron chi connectivity index (χ1n) is 8.45. The molecule has 1 fully saturated rings. The Hall–Kier alpha value is -1.99. The summed E-state index contributed by atoms with van der Waals surface area (Å²) in [6, 6.07) is 5.15. The van der Waals surface area contributed by atoms with Gasteiger partial charge in [0.05, 0.1) is 10.7 Å². The predicted octanol–water partition coefficient (Wildman–Crippen LogP) is 2.86. The van der Waals surface area contributed by atoms with Crippen molar-refractivity contribution in [2.24, 2.45) is 0 Å². The molecule has 0 unspecified atom stereocenters. The van der Waals surface area contributed by atoms with Crippen LogP contribution in [-0.2, 0) is 12.0 Å². The molecule has 7 heteroatoms. The fraction of sp³-hybridized carbons (Fsp3) is 0.500. The van der Waals surface area contributed by atoms with Gasteiger partial charge >= 0.3 is 5.97 Å². The van der Waals surface area contributed by atoms with E-state index < -0.39 is 5.97 Å². The van der Waals surface area contributed by atoms with Crippen LogP contribution in [0, 0.1) is 0 Å². The van der Waals surface area contributed by atoms with Gasteiger partial charge in [-0.15, -0.1) is 11.3 Å². The first-order chi connectivity index (χ1) is 11.8. The molecular formula is C18H24N4O2S. The van der Waals surface area contributed by atoms with Crippen molar-refractivity contribution in [3.8, 4) is 0 Å². The smallest absolute Gasteiger partial charge is 0.354 e. The number of carboxylic acids is 1. The number of rotatable bonds is 4. The minimum atomic E-state index is -0.987. The highest BCUT2D eigenvalue weighted by Gasteiger charge is 2.22. The van der Waals surface area contributed by atoms with Gasteiger partial charge in [-0.05, 0) is 12.1 Å². The van der Waals surface area contributed by atoms with Crippen LogP contribution in [0.5, 0.6) is 0 Å². The maximum atomic E-state index is 11.1. The number of carboxylic acid groups (broad SMARTS) is 1. The maximum Gasteiger partial charge on any atom is 0.354 e. The second kappa shape index (κ2) is 7.09. The Bertz CT molecular complexity index is 746. The number of hydrogen-bond donors (Lipinski definition) is 1. The molecule has 3 heterocycles. The number of thiazole rings is 1. The largest absolute Gasteiger partial charge is 0.477 e. The van der Waals surface area contributed by atoms with Crippen molar-refractivity contribution in [3.05, 3.63) is 40.0 Å². The fourth-order valence-electron chi connectivity index (χ4n) is 2.81. The number of pyridine rings is 1. The third kappa shape index (κ3) is 4.35. The van der Waals surface area contributed by atoms with Crippen LogP contribution in [0.1, 0.15) is 42.0 Å². The van der Waals surface area contributed by atoms with E-state index in [9.17, 15) is 4.79 Å². The van der Waals surface area contributed by atoms with Crippen molar-refractivity contribution >= 4 is 23.1 Å². The van der Waals surface area contributed by atoms with Crippen LogP contribution in [0.25, 0.3) is 0 Å². The molecule has 25 heavy (non-hydrogen) atoms. The molecule has 0 spiro atoms. The number of anilines is 1. The molecule has 1 N–H and O–H groups in total. The van der Waals surface area contributed by atoms with E-state index in [0.29, 0.717) is 0 Å². The van der Waals surface area contributed by atoms with E-state index in [1.807, 2.05) is 6.07 Å². The molecule has 2 aromatic heterocycles. The van der Waals surface area contributed by atoms with Crippen molar-refractivity contribution in [2.75, 3.05) is 31.1 Å². The summed E-state index contributed by atoms with van der Waals surface area (Å²) in [5.74, 6) is -0.248. The zero-order valence-corrected chi connectivity index (χ0v) is 15.7. The molecule has 3 rings (SSSR count). The monoisotopic (exact) mass is 360 g/mol. The first kappa shape index (κ1) is 17.8. The van der Waals surface area contributed by atoms with Crippen molar-refractivity contribution in [3.63, 3.8) is 0 Å². The van der Waals surface area contributed by atoms with E-state index in [4.69, 9.17) is 10.1 Å². The van der Waals surface area contributed by atoms with Crippen LogP contribution in [0.15, 0.2) is 23.6 Å². The van der Waals surface area contributed by atoms with Crippen molar-refractivity contribution in [1.29, 1.82) is 0 Å². The van der Waals surface area contributed by atoms with Gasteiger partial charge in [-0.25, -0.2) is 14.8 Å². The summed E-state index contributed by atoms with van der Waals surface area (Å²) in [6.45, 7) is 10.9. The van der Waals surface area contributed by atoms with Gasteiger partial charge < -0.3 is 10.0 Å².